The first-order valence-electron chi connectivity index (χ1n) is 5.37. The minimum Gasteiger partial charge on any atom is -0.489 e. The molecule has 2 aromatic carbocycles. The Labute approximate surface area is 119 Å². The van der Waals surface area contributed by atoms with Crippen LogP contribution in [0.3, 0.4) is 0 Å². The summed E-state index contributed by atoms with van der Waals surface area (Å²) in [5.74, 6) is 0.468. The van der Waals surface area contributed by atoms with Crippen LogP contribution in [0.5, 0.6) is 5.75 Å². The largest absolute Gasteiger partial charge is 0.489 e. The number of hydrogen-bond acceptors (Lipinski definition) is 3. The van der Waals surface area contributed by atoms with E-state index in [0.29, 0.717) is 17.4 Å². The molecule has 0 amide bonds. The molecule has 0 aliphatic heterocycles. The predicted octanol–water partition coefficient (Wildman–Crippen LogP) is 4.48. The van der Waals surface area contributed by atoms with Gasteiger partial charge >= 0.3 is 0 Å². The highest BCUT2D eigenvalue weighted by atomic mass is 35.5. The molecule has 0 aromatic heterocycles. The number of nitrogens with zero attached hydrogens (tertiary/aromatic N) is 1. The van der Waals surface area contributed by atoms with E-state index in [0.717, 1.165) is 5.56 Å². The third kappa shape index (κ3) is 3.59. The Kier molecular flexibility index (Phi) is 4.24. The molecule has 0 N–H and O–H groups in total. The number of hydrogen-bond donors (Lipinski definition) is 0. The molecular formula is C13H9Cl2NO3. The van der Waals surface area contributed by atoms with Crippen LogP contribution in [0.4, 0.5) is 5.69 Å². The van der Waals surface area contributed by atoms with Gasteiger partial charge in [-0.25, -0.2) is 0 Å². The van der Waals surface area contributed by atoms with Crippen LogP contribution < -0.4 is 4.74 Å². The second kappa shape index (κ2) is 5.91. The number of rotatable bonds is 4. The highest BCUT2D eigenvalue weighted by Crippen LogP contribution is 2.28. The van der Waals surface area contributed by atoms with Crippen molar-refractivity contribution in [2.75, 3.05) is 0 Å². The molecular weight excluding hydrogens is 289 g/mol. The van der Waals surface area contributed by atoms with Gasteiger partial charge in [-0.2, -0.15) is 0 Å². The minimum atomic E-state index is -0.539. The van der Waals surface area contributed by atoms with E-state index in [2.05, 4.69) is 0 Å². The van der Waals surface area contributed by atoms with Gasteiger partial charge in [0, 0.05) is 17.2 Å². The van der Waals surface area contributed by atoms with Crippen LogP contribution >= 0.6 is 23.2 Å². The number of nitro benzene ring substituents is 1. The van der Waals surface area contributed by atoms with Gasteiger partial charge in [0.2, 0.25) is 0 Å². The van der Waals surface area contributed by atoms with Gasteiger partial charge in [0.15, 0.2) is 0 Å². The Morgan fingerprint density at radius 2 is 1.95 bits per heavy atom. The molecule has 0 spiro atoms. The summed E-state index contributed by atoms with van der Waals surface area (Å²) in [4.78, 5) is 10.1. The van der Waals surface area contributed by atoms with E-state index in [4.69, 9.17) is 27.9 Å². The fourth-order valence-electron chi connectivity index (χ4n) is 1.52. The normalized spacial score (nSPS) is 10.2. The topological polar surface area (TPSA) is 52.4 Å². The van der Waals surface area contributed by atoms with Gasteiger partial charge in [-0.05, 0) is 23.8 Å². The van der Waals surface area contributed by atoms with Crippen molar-refractivity contribution in [1.29, 1.82) is 0 Å². The Balaban J connectivity index is 2.08. The number of ether oxygens (including phenoxy) is 1. The van der Waals surface area contributed by atoms with Crippen LogP contribution in [-0.2, 0) is 6.61 Å². The van der Waals surface area contributed by atoms with Crippen molar-refractivity contribution < 1.29 is 9.66 Å². The van der Waals surface area contributed by atoms with Crippen LogP contribution in [0.1, 0.15) is 5.56 Å². The second-order valence-electron chi connectivity index (χ2n) is 3.79. The summed E-state index contributed by atoms with van der Waals surface area (Å²) in [6.07, 6.45) is 0. The van der Waals surface area contributed by atoms with Crippen LogP contribution in [0.25, 0.3) is 0 Å². The van der Waals surface area contributed by atoms with Gasteiger partial charge in [-0.1, -0.05) is 35.3 Å². The highest BCUT2D eigenvalue weighted by Gasteiger charge is 2.12. The molecule has 2 aromatic rings. The van der Waals surface area contributed by atoms with Gasteiger partial charge in [0.05, 0.1) is 4.92 Å². The van der Waals surface area contributed by atoms with Crippen LogP contribution in [-0.4, -0.2) is 4.92 Å². The van der Waals surface area contributed by atoms with Gasteiger partial charge in [0.1, 0.15) is 17.4 Å². The fourth-order valence-corrected chi connectivity index (χ4v) is 1.97. The molecule has 0 radical (unpaired) electrons. The molecule has 98 valence electrons. The standard InChI is InChI=1S/C13H9Cl2NO3/c14-10-3-1-2-9(6-10)8-19-11-4-5-13(16(17)18)12(15)7-11/h1-7H,8H2. The summed E-state index contributed by atoms with van der Waals surface area (Å²) < 4.78 is 5.50. The monoisotopic (exact) mass is 297 g/mol. The SMILES string of the molecule is O=[N+]([O-])c1ccc(OCc2cccc(Cl)c2)cc1Cl. The molecule has 0 heterocycles. The maximum Gasteiger partial charge on any atom is 0.288 e. The van der Waals surface area contributed by atoms with Crippen LogP contribution in [0.2, 0.25) is 10.0 Å². The third-order valence-electron chi connectivity index (χ3n) is 2.41. The van der Waals surface area contributed by atoms with Crippen molar-refractivity contribution in [1.82, 2.24) is 0 Å². The maximum atomic E-state index is 10.6. The van der Waals surface area contributed by atoms with E-state index in [-0.39, 0.29) is 10.7 Å². The molecule has 0 saturated carbocycles. The molecule has 0 aliphatic carbocycles. The summed E-state index contributed by atoms with van der Waals surface area (Å²) in [6, 6.07) is 11.5. The zero-order valence-electron chi connectivity index (χ0n) is 9.68. The van der Waals surface area contributed by atoms with Crippen molar-refractivity contribution in [3.63, 3.8) is 0 Å². The Bertz CT molecular complexity index is 617. The Morgan fingerprint density at radius 3 is 2.58 bits per heavy atom. The van der Waals surface area contributed by atoms with E-state index in [1.54, 1.807) is 12.1 Å². The quantitative estimate of drug-likeness (QED) is 0.617. The summed E-state index contributed by atoms with van der Waals surface area (Å²) in [6.45, 7) is 0.314. The van der Waals surface area contributed by atoms with Crippen LogP contribution in [0, 0.1) is 10.1 Å². The predicted molar refractivity (Wildman–Crippen MR) is 73.9 cm³/mol. The van der Waals surface area contributed by atoms with Crippen molar-refractivity contribution >= 4 is 28.9 Å². The van der Waals surface area contributed by atoms with Gasteiger partial charge in [-0.15, -0.1) is 0 Å². The molecule has 0 atom stereocenters. The zero-order chi connectivity index (χ0) is 13.8. The van der Waals surface area contributed by atoms with E-state index in [1.807, 2.05) is 12.1 Å². The first-order chi connectivity index (χ1) is 9.06. The first-order valence-corrected chi connectivity index (χ1v) is 6.13. The molecule has 2 rings (SSSR count). The molecule has 4 nitrogen and oxygen atoms in total. The average molecular weight is 298 g/mol. The van der Waals surface area contributed by atoms with Gasteiger partial charge < -0.3 is 4.74 Å². The lowest BCUT2D eigenvalue weighted by Gasteiger charge is -2.07. The van der Waals surface area contributed by atoms with Crippen molar-refractivity contribution in [2.45, 2.75) is 6.61 Å². The molecule has 0 fully saturated rings. The molecule has 19 heavy (non-hydrogen) atoms. The van der Waals surface area contributed by atoms with Crippen molar-refractivity contribution in [3.8, 4) is 5.75 Å². The number of benzene rings is 2. The van der Waals surface area contributed by atoms with Gasteiger partial charge in [0.25, 0.3) is 5.69 Å². The smallest absolute Gasteiger partial charge is 0.288 e. The second-order valence-corrected chi connectivity index (χ2v) is 4.63. The molecule has 0 unspecified atom stereocenters. The highest BCUT2D eigenvalue weighted by molar-refractivity contribution is 6.32. The van der Waals surface area contributed by atoms with Gasteiger partial charge in [-0.3, -0.25) is 10.1 Å². The molecule has 6 heteroatoms. The lowest BCUT2D eigenvalue weighted by molar-refractivity contribution is -0.384. The zero-order valence-corrected chi connectivity index (χ0v) is 11.2. The molecule has 0 aliphatic rings. The Morgan fingerprint density at radius 1 is 1.16 bits per heavy atom. The number of halogens is 2. The average Bonchev–Trinajstić information content (AvgIpc) is 2.36. The summed E-state index contributed by atoms with van der Waals surface area (Å²) in [7, 11) is 0. The van der Waals surface area contributed by atoms with Crippen molar-refractivity contribution in [3.05, 3.63) is 68.2 Å². The lowest BCUT2D eigenvalue weighted by Crippen LogP contribution is -1.96. The van der Waals surface area contributed by atoms with E-state index < -0.39 is 4.92 Å². The lowest BCUT2D eigenvalue weighted by atomic mass is 10.2. The number of nitro groups is 1. The summed E-state index contributed by atoms with van der Waals surface area (Å²) >= 11 is 11.6. The summed E-state index contributed by atoms with van der Waals surface area (Å²) in [5, 5.41) is 11.3. The van der Waals surface area contributed by atoms with E-state index in [1.165, 1.54) is 18.2 Å². The molecule has 0 bridgehead atoms. The summed E-state index contributed by atoms with van der Waals surface area (Å²) in [5.41, 5.74) is 0.763. The maximum absolute atomic E-state index is 10.6. The fraction of sp³-hybridized carbons (Fsp3) is 0.0769. The van der Waals surface area contributed by atoms with Crippen LogP contribution in [0.15, 0.2) is 42.5 Å². The van der Waals surface area contributed by atoms with E-state index >= 15 is 0 Å². The van der Waals surface area contributed by atoms with Crippen molar-refractivity contribution in [2.24, 2.45) is 0 Å². The third-order valence-corrected chi connectivity index (χ3v) is 2.95. The Hall–Kier alpha value is -1.78. The minimum absolute atomic E-state index is 0.0496. The van der Waals surface area contributed by atoms with E-state index in [9.17, 15) is 10.1 Å². The molecule has 0 saturated heterocycles. The first kappa shape index (κ1) is 13.6.